The van der Waals surface area contributed by atoms with Gasteiger partial charge in [-0.15, -0.1) is 13.2 Å². The molecule has 2 atom stereocenters. The summed E-state index contributed by atoms with van der Waals surface area (Å²) in [5.74, 6) is 1.49. The maximum atomic E-state index is 3.73. The molecule has 1 aliphatic carbocycles. The smallest absolute Gasteiger partial charge is 0.0173 e. The lowest BCUT2D eigenvalue weighted by Crippen LogP contribution is -2.20. The van der Waals surface area contributed by atoms with Crippen molar-refractivity contribution >= 4 is 0 Å². The van der Waals surface area contributed by atoms with Crippen molar-refractivity contribution < 1.29 is 0 Å². The maximum Gasteiger partial charge on any atom is -0.0173 e. The first-order valence-corrected chi connectivity index (χ1v) is 3.13. The van der Waals surface area contributed by atoms with Gasteiger partial charge in [0.2, 0.25) is 0 Å². The van der Waals surface area contributed by atoms with Crippen LogP contribution in [-0.4, -0.2) is 0 Å². The van der Waals surface area contributed by atoms with Crippen molar-refractivity contribution in [2.75, 3.05) is 0 Å². The van der Waals surface area contributed by atoms with E-state index in [1.165, 1.54) is 12.8 Å². The molecule has 1 fully saturated rings. The highest BCUT2D eigenvalue weighted by molar-refractivity contribution is 4.99. The van der Waals surface area contributed by atoms with Gasteiger partial charge in [0.1, 0.15) is 0 Å². The van der Waals surface area contributed by atoms with Crippen LogP contribution in [0.4, 0.5) is 0 Å². The molecule has 0 saturated heterocycles. The third-order valence-electron chi connectivity index (χ3n) is 1.99. The largest absolute Gasteiger partial charge is 0.103 e. The Labute approximate surface area is 50.9 Å². The van der Waals surface area contributed by atoms with Gasteiger partial charge in [-0.3, -0.25) is 0 Å². The molecule has 0 radical (unpaired) electrons. The summed E-state index contributed by atoms with van der Waals surface area (Å²) in [6.07, 6.45) is 6.71. The summed E-state index contributed by atoms with van der Waals surface area (Å²) in [6, 6.07) is 0. The second-order valence-corrected chi connectivity index (χ2v) is 2.38. The van der Waals surface area contributed by atoms with E-state index in [1.807, 2.05) is 12.2 Å². The molecule has 2 unspecified atom stereocenters. The molecular weight excluding hydrogens is 96.1 g/mol. The van der Waals surface area contributed by atoms with Crippen LogP contribution in [0.15, 0.2) is 25.3 Å². The molecule has 0 heterocycles. The standard InChI is InChI=1S/C8H12/c1-3-7-5-6-8(7)4-2/h3-4,7-8H,1-2,5-6H2. The molecule has 44 valence electrons. The first kappa shape index (κ1) is 5.61. The van der Waals surface area contributed by atoms with Crippen molar-refractivity contribution in [2.24, 2.45) is 11.8 Å². The first-order valence-electron chi connectivity index (χ1n) is 3.13. The van der Waals surface area contributed by atoms with E-state index in [0.717, 1.165) is 11.8 Å². The monoisotopic (exact) mass is 108 g/mol. The topological polar surface area (TPSA) is 0 Å². The van der Waals surface area contributed by atoms with E-state index in [2.05, 4.69) is 13.2 Å². The Morgan fingerprint density at radius 2 is 1.38 bits per heavy atom. The van der Waals surface area contributed by atoms with Crippen LogP contribution in [-0.2, 0) is 0 Å². The SMILES string of the molecule is C=CC1CCC1C=C. The van der Waals surface area contributed by atoms with Crippen LogP contribution in [0.2, 0.25) is 0 Å². The average molecular weight is 108 g/mol. The summed E-state index contributed by atoms with van der Waals surface area (Å²) in [5.41, 5.74) is 0. The Hall–Kier alpha value is -0.520. The van der Waals surface area contributed by atoms with Crippen molar-refractivity contribution in [2.45, 2.75) is 12.8 Å². The van der Waals surface area contributed by atoms with Crippen molar-refractivity contribution in [3.63, 3.8) is 0 Å². The molecule has 1 rings (SSSR count). The third-order valence-corrected chi connectivity index (χ3v) is 1.99. The normalized spacial score (nSPS) is 35.5. The Kier molecular flexibility index (Phi) is 1.52. The number of rotatable bonds is 2. The quantitative estimate of drug-likeness (QED) is 0.476. The Morgan fingerprint density at radius 1 is 1.00 bits per heavy atom. The molecule has 0 spiro atoms. The zero-order valence-corrected chi connectivity index (χ0v) is 5.14. The predicted molar refractivity (Wildman–Crippen MR) is 36.6 cm³/mol. The summed E-state index contributed by atoms with van der Waals surface area (Å²) in [5, 5.41) is 0. The van der Waals surface area contributed by atoms with Gasteiger partial charge >= 0.3 is 0 Å². The number of allylic oxidation sites excluding steroid dienone is 2. The van der Waals surface area contributed by atoms with Gasteiger partial charge < -0.3 is 0 Å². The fourth-order valence-electron chi connectivity index (χ4n) is 1.14. The highest BCUT2D eigenvalue weighted by Gasteiger charge is 2.24. The molecule has 0 N–H and O–H groups in total. The fraction of sp³-hybridized carbons (Fsp3) is 0.500. The second-order valence-electron chi connectivity index (χ2n) is 2.38. The van der Waals surface area contributed by atoms with Gasteiger partial charge in [0.15, 0.2) is 0 Å². The Balaban J connectivity index is 2.36. The van der Waals surface area contributed by atoms with Crippen molar-refractivity contribution in [1.82, 2.24) is 0 Å². The zero-order chi connectivity index (χ0) is 5.98. The van der Waals surface area contributed by atoms with Crippen LogP contribution in [0.3, 0.4) is 0 Å². The van der Waals surface area contributed by atoms with Gasteiger partial charge in [-0.2, -0.15) is 0 Å². The number of hydrogen-bond donors (Lipinski definition) is 0. The summed E-state index contributed by atoms with van der Waals surface area (Å²) in [7, 11) is 0. The molecule has 0 aromatic carbocycles. The van der Waals surface area contributed by atoms with Crippen LogP contribution in [0.1, 0.15) is 12.8 Å². The molecular formula is C8H12. The van der Waals surface area contributed by atoms with Gasteiger partial charge in [-0.25, -0.2) is 0 Å². The average Bonchev–Trinajstić information content (AvgIpc) is 1.66. The van der Waals surface area contributed by atoms with Crippen molar-refractivity contribution in [3.8, 4) is 0 Å². The van der Waals surface area contributed by atoms with E-state index in [-0.39, 0.29) is 0 Å². The lowest BCUT2D eigenvalue weighted by molar-refractivity contribution is 0.287. The van der Waals surface area contributed by atoms with E-state index < -0.39 is 0 Å². The van der Waals surface area contributed by atoms with Gasteiger partial charge in [0.25, 0.3) is 0 Å². The molecule has 0 aromatic heterocycles. The molecule has 0 heteroatoms. The maximum absolute atomic E-state index is 3.73. The zero-order valence-electron chi connectivity index (χ0n) is 5.14. The van der Waals surface area contributed by atoms with Gasteiger partial charge in [-0.1, -0.05) is 12.2 Å². The van der Waals surface area contributed by atoms with Crippen LogP contribution >= 0.6 is 0 Å². The lowest BCUT2D eigenvalue weighted by atomic mass is 9.74. The summed E-state index contributed by atoms with van der Waals surface area (Å²) in [4.78, 5) is 0. The summed E-state index contributed by atoms with van der Waals surface area (Å²) >= 11 is 0. The number of hydrogen-bond acceptors (Lipinski definition) is 0. The van der Waals surface area contributed by atoms with Gasteiger partial charge in [0, 0.05) is 0 Å². The molecule has 0 aromatic rings. The third kappa shape index (κ3) is 0.706. The van der Waals surface area contributed by atoms with Crippen molar-refractivity contribution in [3.05, 3.63) is 25.3 Å². The summed E-state index contributed by atoms with van der Waals surface area (Å²) < 4.78 is 0. The van der Waals surface area contributed by atoms with Crippen LogP contribution in [0.25, 0.3) is 0 Å². The van der Waals surface area contributed by atoms with E-state index in [4.69, 9.17) is 0 Å². The Morgan fingerprint density at radius 3 is 1.50 bits per heavy atom. The Bertz CT molecular complexity index is 88.6. The van der Waals surface area contributed by atoms with Crippen molar-refractivity contribution in [1.29, 1.82) is 0 Å². The van der Waals surface area contributed by atoms with Gasteiger partial charge in [0.05, 0.1) is 0 Å². The van der Waals surface area contributed by atoms with E-state index in [1.54, 1.807) is 0 Å². The molecule has 0 nitrogen and oxygen atoms in total. The van der Waals surface area contributed by atoms with Crippen LogP contribution in [0.5, 0.6) is 0 Å². The first-order chi connectivity index (χ1) is 3.88. The van der Waals surface area contributed by atoms with Crippen LogP contribution < -0.4 is 0 Å². The van der Waals surface area contributed by atoms with E-state index in [0.29, 0.717) is 0 Å². The molecule has 8 heavy (non-hydrogen) atoms. The van der Waals surface area contributed by atoms with E-state index in [9.17, 15) is 0 Å². The second kappa shape index (κ2) is 2.17. The molecule has 1 aliphatic rings. The molecule has 0 bridgehead atoms. The highest BCUT2D eigenvalue weighted by atomic mass is 14.3. The minimum Gasteiger partial charge on any atom is -0.103 e. The van der Waals surface area contributed by atoms with Gasteiger partial charge in [-0.05, 0) is 24.7 Å². The molecule has 1 saturated carbocycles. The van der Waals surface area contributed by atoms with E-state index >= 15 is 0 Å². The minimum atomic E-state index is 0.743. The lowest BCUT2D eigenvalue weighted by Gasteiger charge is -2.31. The summed E-state index contributed by atoms with van der Waals surface area (Å²) in [6.45, 7) is 7.47. The molecule has 0 aliphatic heterocycles. The predicted octanol–water partition coefficient (Wildman–Crippen LogP) is 2.38. The fourth-order valence-corrected chi connectivity index (χ4v) is 1.14. The van der Waals surface area contributed by atoms with Crippen LogP contribution in [0, 0.1) is 11.8 Å². The highest BCUT2D eigenvalue weighted by Crippen LogP contribution is 2.35. The molecule has 0 amide bonds. The minimum absolute atomic E-state index is 0.743.